The first kappa shape index (κ1) is 21.2. The van der Waals surface area contributed by atoms with Crippen LogP contribution in [-0.2, 0) is 22.1 Å². The van der Waals surface area contributed by atoms with E-state index >= 15 is 0 Å². The van der Waals surface area contributed by atoms with Crippen LogP contribution in [0, 0.1) is 6.92 Å². The summed E-state index contributed by atoms with van der Waals surface area (Å²) in [6.45, 7) is 1.75. The lowest BCUT2D eigenvalue weighted by molar-refractivity contribution is -0.140. The lowest BCUT2D eigenvalue weighted by Gasteiger charge is -2.16. The summed E-state index contributed by atoms with van der Waals surface area (Å²) < 4.78 is 56.4. The van der Waals surface area contributed by atoms with Crippen LogP contribution in [0.4, 0.5) is 13.2 Å². The maximum atomic E-state index is 13.6. The molecule has 0 N–H and O–H groups in total. The average molecular weight is 417 g/mol. The van der Waals surface area contributed by atoms with E-state index in [0.717, 1.165) is 6.07 Å². The fourth-order valence-corrected chi connectivity index (χ4v) is 2.66. The molecule has 0 aliphatic heterocycles. The molecular weight excluding hydrogens is 399 g/mol. The van der Waals surface area contributed by atoms with E-state index in [-0.39, 0.29) is 29.5 Å². The van der Waals surface area contributed by atoms with Gasteiger partial charge >= 0.3 is 12.1 Å². The van der Waals surface area contributed by atoms with Gasteiger partial charge in [0.15, 0.2) is 0 Å². The number of rotatable bonds is 6. The summed E-state index contributed by atoms with van der Waals surface area (Å²) in [5, 5.41) is 0. The molecule has 8 heteroatoms. The smallest absolute Gasteiger partial charge is 0.420 e. The summed E-state index contributed by atoms with van der Waals surface area (Å²) in [6, 6.07) is 14.6. The van der Waals surface area contributed by atoms with Gasteiger partial charge in [0, 0.05) is 11.8 Å². The van der Waals surface area contributed by atoms with Crippen LogP contribution < -0.4 is 9.47 Å². The maximum absolute atomic E-state index is 13.6. The first-order valence-electron chi connectivity index (χ1n) is 8.91. The number of ether oxygens (including phenoxy) is 3. The third-order valence-corrected chi connectivity index (χ3v) is 4.04. The van der Waals surface area contributed by atoms with E-state index in [1.165, 1.54) is 31.4 Å². The third kappa shape index (κ3) is 5.50. The van der Waals surface area contributed by atoms with E-state index in [4.69, 9.17) is 9.47 Å². The largest absolute Gasteiger partial charge is 0.469 e. The molecule has 0 aliphatic rings. The number of pyridine rings is 1. The molecule has 0 saturated carbocycles. The molecule has 0 amide bonds. The number of carbonyl (C=O) groups is 1. The van der Waals surface area contributed by atoms with Gasteiger partial charge in [0.05, 0.1) is 13.5 Å². The van der Waals surface area contributed by atoms with E-state index in [1.54, 1.807) is 37.3 Å². The van der Waals surface area contributed by atoms with E-state index < -0.39 is 17.7 Å². The molecule has 0 atom stereocenters. The molecule has 30 heavy (non-hydrogen) atoms. The minimum absolute atomic E-state index is 0.0178. The number of nitrogens with zero attached hydrogens (tertiary/aromatic N) is 1. The quantitative estimate of drug-likeness (QED) is 0.481. The Morgan fingerprint density at radius 2 is 1.70 bits per heavy atom. The highest BCUT2D eigenvalue weighted by Gasteiger charge is 2.35. The van der Waals surface area contributed by atoms with Crippen molar-refractivity contribution in [2.24, 2.45) is 0 Å². The van der Waals surface area contributed by atoms with Crippen LogP contribution in [0.25, 0.3) is 0 Å². The van der Waals surface area contributed by atoms with E-state index in [1.807, 2.05) is 0 Å². The van der Waals surface area contributed by atoms with Gasteiger partial charge in [0.25, 0.3) is 0 Å². The molecule has 3 aromatic rings. The SMILES string of the molecule is COC(=O)Cc1cccc(Oc2ccc(Oc3cccc(C)n3)cc2C(F)(F)F)c1. The fraction of sp³-hybridized carbons (Fsp3) is 0.182. The molecule has 156 valence electrons. The highest BCUT2D eigenvalue weighted by Crippen LogP contribution is 2.41. The van der Waals surface area contributed by atoms with Crippen molar-refractivity contribution in [2.75, 3.05) is 7.11 Å². The van der Waals surface area contributed by atoms with Gasteiger partial charge in [-0.2, -0.15) is 13.2 Å². The number of halogens is 3. The topological polar surface area (TPSA) is 57.7 Å². The molecule has 1 aromatic heterocycles. The predicted molar refractivity (Wildman–Crippen MR) is 103 cm³/mol. The third-order valence-electron chi connectivity index (χ3n) is 4.04. The lowest BCUT2D eigenvalue weighted by atomic mass is 10.1. The number of alkyl halides is 3. The number of carbonyl (C=O) groups excluding carboxylic acids is 1. The first-order chi connectivity index (χ1) is 14.2. The Hall–Kier alpha value is -3.55. The minimum atomic E-state index is -4.67. The molecule has 5 nitrogen and oxygen atoms in total. The van der Waals surface area contributed by atoms with Crippen molar-refractivity contribution in [2.45, 2.75) is 19.5 Å². The molecular formula is C22H18F3NO4. The van der Waals surface area contributed by atoms with Gasteiger partial charge in [-0.25, -0.2) is 4.98 Å². The monoisotopic (exact) mass is 417 g/mol. The molecule has 0 unspecified atom stereocenters. The summed E-state index contributed by atoms with van der Waals surface area (Å²) in [5.41, 5.74) is 0.236. The number of hydrogen-bond acceptors (Lipinski definition) is 5. The van der Waals surface area contributed by atoms with Gasteiger partial charge in [-0.3, -0.25) is 4.79 Å². The Balaban J connectivity index is 1.88. The van der Waals surface area contributed by atoms with Crippen molar-refractivity contribution in [3.8, 4) is 23.1 Å². The zero-order valence-corrected chi connectivity index (χ0v) is 16.2. The van der Waals surface area contributed by atoms with Crippen molar-refractivity contribution in [3.05, 3.63) is 77.5 Å². The number of benzene rings is 2. The molecule has 0 aliphatic carbocycles. The lowest BCUT2D eigenvalue weighted by Crippen LogP contribution is -2.08. The zero-order valence-electron chi connectivity index (χ0n) is 16.2. The summed E-state index contributed by atoms with van der Waals surface area (Å²) >= 11 is 0. The Morgan fingerprint density at radius 1 is 0.967 bits per heavy atom. The second kappa shape index (κ2) is 8.86. The number of esters is 1. The molecule has 2 aromatic carbocycles. The Morgan fingerprint density at radius 3 is 2.40 bits per heavy atom. The van der Waals surface area contributed by atoms with Gasteiger partial charge in [-0.1, -0.05) is 18.2 Å². The van der Waals surface area contributed by atoms with Crippen LogP contribution in [0.15, 0.2) is 60.7 Å². The molecule has 0 radical (unpaired) electrons. The maximum Gasteiger partial charge on any atom is 0.420 e. The minimum Gasteiger partial charge on any atom is -0.469 e. The molecule has 0 saturated heterocycles. The van der Waals surface area contributed by atoms with Crippen molar-refractivity contribution < 1.29 is 32.2 Å². The first-order valence-corrected chi connectivity index (χ1v) is 8.91. The molecule has 1 heterocycles. The predicted octanol–water partition coefficient (Wildman–Crippen LogP) is 5.71. The van der Waals surface area contributed by atoms with Crippen LogP contribution in [0.5, 0.6) is 23.1 Å². The Labute approximate surface area is 171 Å². The molecule has 0 bridgehead atoms. The van der Waals surface area contributed by atoms with E-state index in [2.05, 4.69) is 9.72 Å². The van der Waals surface area contributed by atoms with Crippen LogP contribution in [0.3, 0.4) is 0 Å². The Bertz CT molecular complexity index is 1050. The number of aryl methyl sites for hydroxylation is 1. The summed E-state index contributed by atoms with van der Waals surface area (Å²) in [6.07, 6.45) is -4.69. The molecule has 0 spiro atoms. The van der Waals surface area contributed by atoms with Crippen LogP contribution in [0.1, 0.15) is 16.8 Å². The normalized spacial score (nSPS) is 11.1. The van der Waals surface area contributed by atoms with Crippen molar-refractivity contribution in [3.63, 3.8) is 0 Å². The summed E-state index contributed by atoms with van der Waals surface area (Å²) in [7, 11) is 1.26. The van der Waals surface area contributed by atoms with Crippen LogP contribution in [0.2, 0.25) is 0 Å². The van der Waals surface area contributed by atoms with Crippen molar-refractivity contribution in [1.82, 2.24) is 4.98 Å². The van der Waals surface area contributed by atoms with Crippen LogP contribution >= 0.6 is 0 Å². The van der Waals surface area contributed by atoms with Crippen molar-refractivity contribution in [1.29, 1.82) is 0 Å². The summed E-state index contributed by atoms with van der Waals surface area (Å²) in [4.78, 5) is 15.5. The zero-order chi connectivity index (χ0) is 21.7. The number of hydrogen-bond donors (Lipinski definition) is 0. The van der Waals surface area contributed by atoms with Gasteiger partial charge in [0.1, 0.15) is 22.8 Å². The average Bonchev–Trinajstić information content (AvgIpc) is 2.68. The molecule has 3 rings (SSSR count). The van der Waals surface area contributed by atoms with E-state index in [0.29, 0.717) is 11.3 Å². The van der Waals surface area contributed by atoms with Gasteiger partial charge < -0.3 is 14.2 Å². The van der Waals surface area contributed by atoms with Crippen LogP contribution in [-0.4, -0.2) is 18.1 Å². The molecule has 0 fully saturated rings. The van der Waals surface area contributed by atoms with Gasteiger partial charge in [-0.15, -0.1) is 0 Å². The second-order valence-corrected chi connectivity index (χ2v) is 6.38. The Kier molecular flexibility index (Phi) is 6.25. The summed E-state index contributed by atoms with van der Waals surface area (Å²) in [5.74, 6) is -0.521. The van der Waals surface area contributed by atoms with Crippen molar-refractivity contribution >= 4 is 5.97 Å². The fourth-order valence-electron chi connectivity index (χ4n) is 2.66. The standard InChI is InChI=1S/C22H18F3NO4/c1-14-5-3-8-20(26-14)30-17-9-10-19(18(13-17)22(23,24)25)29-16-7-4-6-15(11-16)12-21(27)28-2/h3-11,13H,12H2,1-2H3. The number of aromatic nitrogens is 1. The van der Waals surface area contributed by atoms with Gasteiger partial charge in [0.2, 0.25) is 5.88 Å². The number of methoxy groups -OCH3 is 1. The van der Waals surface area contributed by atoms with Gasteiger partial charge in [-0.05, 0) is 48.9 Å². The van der Waals surface area contributed by atoms with E-state index in [9.17, 15) is 18.0 Å². The highest BCUT2D eigenvalue weighted by atomic mass is 19.4. The highest BCUT2D eigenvalue weighted by molar-refractivity contribution is 5.72. The second-order valence-electron chi connectivity index (χ2n) is 6.38.